The third kappa shape index (κ3) is 4.57. The molecule has 0 spiro atoms. The molecule has 1 fully saturated rings. The van der Waals surface area contributed by atoms with Gasteiger partial charge in [-0.05, 0) is 30.2 Å². The molecule has 2 heterocycles. The molecule has 1 aliphatic rings. The van der Waals surface area contributed by atoms with Crippen molar-refractivity contribution < 1.29 is 14.0 Å². The van der Waals surface area contributed by atoms with Crippen LogP contribution >= 0.6 is 11.8 Å². The second kappa shape index (κ2) is 8.11. The van der Waals surface area contributed by atoms with Crippen molar-refractivity contribution in [2.24, 2.45) is 0 Å². The van der Waals surface area contributed by atoms with Crippen LogP contribution in [0, 0.1) is 5.82 Å². The minimum Gasteiger partial charge on any atom is -0.349 e. The van der Waals surface area contributed by atoms with Crippen LogP contribution in [-0.2, 0) is 22.6 Å². The molecule has 1 saturated heterocycles. The molecule has 1 aliphatic heterocycles. The normalized spacial score (nSPS) is 20.0. The van der Waals surface area contributed by atoms with Crippen LogP contribution in [0.2, 0.25) is 0 Å². The summed E-state index contributed by atoms with van der Waals surface area (Å²) in [5.74, 6) is -0.335. The standard InChI is InChI=1S/C18H18FN3O2S/c19-14-7-2-1-5-12(14)9-16-18(24)22-15(11-25-16)17(23)21-10-13-6-3-4-8-20-13/h1-8,15-16H,9-11H2,(H,21,23)(H,22,24). The van der Waals surface area contributed by atoms with E-state index >= 15 is 0 Å². The molecule has 0 bridgehead atoms. The summed E-state index contributed by atoms with van der Waals surface area (Å²) in [7, 11) is 0. The van der Waals surface area contributed by atoms with Gasteiger partial charge in [0.2, 0.25) is 11.8 Å². The summed E-state index contributed by atoms with van der Waals surface area (Å²) in [6.07, 6.45) is 1.97. The Morgan fingerprint density at radius 3 is 2.80 bits per heavy atom. The number of carbonyl (C=O) groups excluding carboxylic acids is 2. The third-order valence-corrected chi connectivity index (χ3v) is 5.23. The SMILES string of the molecule is O=C(NCc1ccccn1)C1CSC(Cc2ccccc2F)C(=O)N1. The number of aromatic nitrogens is 1. The van der Waals surface area contributed by atoms with Gasteiger partial charge in [-0.3, -0.25) is 14.6 Å². The van der Waals surface area contributed by atoms with Crippen molar-refractivity contribution >= 4 is 23.6 Å². The van der Waals surface area contributed by atoms with Crippen LogP contribution in [0.5, 0.6) is 0 Å². The van der Waals surface area contributed by atoms with Crippen molar-refractivity contribution in [3.05, 3.63) is 65.7 Å². The highest BCUT2D eigenvalue weighted by Crippen LogP contribution is 2.23. The maximum atomic E-state index is 13.7. The monoisotopic (exact) mass is 359 g/mol. The van der Waals surface area contributed by atoms with Gasteiger partial charge in [0.1, 0.15) is 11.9 Å². The van der Waals surface area contributed by atoms with E-state index in [1.54, 1.807) is 30.5 Å². The molecule has 130 valence electrons. The first-order valence-electron chi connectivity index (χ1n) is 7.96. The number of pyridine rings is 1. The van der Waals surface area contributed by atoms with Crippen molar-refractivity contribution in [3.8, 4) is 0 Å². The summed E-state index contributed by atoms with van der Waals surface area (Å²) < 4.78 is 13.7. The molecular weight excluding hydrogens is 341 g/mol. The minimum atomic E-state index is -0.585. The molecule has 1 aromatic carbocycles. The molecular formula is C18H18FN3O2S. The zero-order valence-electron chi connectivity index (χ0n) is 13.4. The van der Waals surface area contributed by atoms with Gasteiger partial charge in [-0.25, -0.2) is 4.39 Å². The molecule has 1 aromatic heterocycles. The second-order valence-corrected chi connectivity index (χ2v) is 6.95. The maximum absolute atomic E-state index is 13.7. The summed E-state index contributed by atoms with van der Waals surface area (Å²) in [4.78, 5) is 28.6. The fourth-order valence-electron chi connectivity index (χ4n) is 2.55. The zero-order valence-corrected chi connectivity index (χ0v) is 14.3. The van der Waals surface area contributed by atoms with Gasteiger partial charge in [-0.15, -0.1) is 11.8 Å². The van der Waals surface area contributed by atoms with Gasteiger partial charge in [0.15, 0.2) is 0 Å². The number of benzene rings is 1. The first kappa shape index (κ1) is 17.4. The number of rotatable bonds is 5. The predicted molar refractivity (Wildman–Crippen MR) is 94.4 cm³/mol. The van der Waals surface area contributed by atoms with Crippen molar-refractivity contribution in [1.29, 1.82) is 0 Å². The lowest BCUT2D eigenvalue weighted by molar-refractivity contribution is -0.128. The highest BCUT2D eigenvalue weighted by Gasteiger charge is 2.32. The summed E-state index contributed by atoms with van der Waals surface area (Å²) in [5.41, 5.74) is 1.26. The predicted octanol–water partition coefficient (Wildman–Crippen LogP) is 1.68. The number of nitrogens with one attached hydrogen (secondary N) is 2. The molecule has 25 heavy (non-hydrogen) atoms. The number of hydrogen-bond acceptors (Lipinski definition) is 4. The Kier molecular flexibility index (Phi) is 5.65. The summed E-state index contributed by atoms with van der Waals surface area (Å²) >= 11 is 1.38. The summed E-state index contributed by atoms with van der Waals surface area (Å²) in [6, 6.07) is 11.3. The summed E-state index contributed by atoms with van der Waals surface area (Å²) in [5, 5.41) is 5.11. The molecule has 2 unspecified atom stereocenters. The average molecular weight is 359 g/mol. The first-order valence-corrected chi connectivity index (χ1v) is 9.01. The smallest absolute Gasteiger partial charge is 0.243 e. The van der Waals surface area contributed by atoms with Crippen molar-refractivity contribution in [3.63, 3.8) is 0 Å². The van der Waals surface area contributed by atoms with Crippen molar-refractivity contribution in [2.75, 3.05) is 5.75 Å². The summed E-state index contributed by atoms with van der Waals surface area (Å²) in [6.45, 7) is 0.315. The second-order valence-electron chi connectivity index (χ2n) is 5.72. The van der Waals surface area contributed by atoms with E-state index in [-0.39, 0.29) is 17.6 Å². The quantitative estimate of drug-likeness (QED) is 0.852. The van der Waals surface area contributed by atoms with E-state index in [0.29, 0.717) is 24.3 Å². The molecule has 2 amide bonds. The molecule has 2 atom stereocenters. The number of nitrogens with zero attached hydrogens (tertiary/aromatic N) is 1. The van der Waals surface area contributed by atoms with Crippen molar-refractivity contribution in [2.45, 2.75) is 24.3 Å². The third-order valence-electron chi connectivity index (χ3n) is 3.92. The zero-order chi connectivity index (χ0) is 17.6. The van der Waals surface area contributed by atoms with E-state index in [4.69, 9.17) is 0 Å². The van der Waals surface area contributed by atoms with Gasteiger partial charge in [-0.1, -0.05) is 24.3 Å². The maximum Gasteiger partial charge on any atom is 0.243 e. The average Bonchev–Trinajstić information content (AvgIpc) is 2.64. The number of thioether (sulfide) groups is 1. The number of carbonyl (C=O) groups is 2. The van der Waals surface area contributed by atoms with Crippen LogP contribution in [0.1, 0.15) is 11.3 Å². The lowest BCUT2D eigenvalue weighted by atomic mass is 10.1. The fraction of sp³-hybridized carbons (Fsp3) is 0.278. The topological polar surface area (TPSA) is 71.1 Å². The van der Waals surface area contributed by atoms with Crippen LogP contribution in [0.15, 0.2) is 48.7 Å². The van der Waals surface area contributed by atoms with Crippen LogP contribution < -0.4 is 10.6 Å². The van der Waals surface area contributed by atoms with E-state index in [9.17, 15) is 14.0 Å². The molecule has 0 radical (unpaired) electrons. The Hall–Kier alpha value is -2.41. The molecule has 0 aliphatic carbocycles. The van der Waals surface area contributed by atoms with Gasteiger partial charge in [0.05, 0.1) is 17.5 Å². The largest absolute Gasteiger partial charge is 0.349 e. The van der Waals surface area contributed by atoms with Gasteiger partial charge in [0, 0.05) is 11.9 Å². The Bertz CT molecular complexity index is 757. The Morgan fingerprint density at radius 2 is 2.08 bits per heavy atom. The highest BCUT2D eigenvalue weighted by molar-refractivity contribution is 8.00. The molecule has 5 nitrogen and oxygen atoms in total. The van der Waals surface area contributed by atoms with Gasteiger partial charge < -0.3 is 10.6 Å². The van der Waals surface area contributed by atoms with Gasteiger partial charge in [0.25, 0.3) is 0 Å². The Balaban J connectivity index is 1.52. The molecule has 7 heteroatoms. The number of hydrogen-bond donors (Lipinski definition) is 2. The lowest BCUT2D eigenvalue weighted by Crippen LogP contribution is -2.54. The van der Waals surface area contributed by atoms with Gasteiger partial charge in [-0.2, -0.15) is 0 Å². The fourth-order valence-corrected chi connectivity index (χ4v) is 3.73. The van der Waals surface area contributed by atoms with E-state index in [1.807, 2.05) is 12.1 Å². The Labute approximate surface area is 149 Å². The van der Waals surface area contributed by atoms with Crippen LogP contribution in [-0.4, -0.2) is 33.8 Å². The number of amides is 2. The first-order chi connectivity index (χ1) is 12.1. The van der Waals surface area contributed by atoms with Gasteiger partial charge >= 0.3 is 0 Å². The molecule has 2 N–H and O–H groups in total. The van der Waals surface area contributed by atoms with Crippen LogP contribution in [0.3, 0.4) is 0 Å². The van der Waals surface area contributed by atoms with E-state index < -0.39 is 11.3 Å². The minimum absolute atomic E-state index is 0.238. The van der Waals surface area contributed by atoms with Crippen LogP contribution in [0.4, 0.5) is 4.39 Å². The lowest BCUT2D eigenvalue weighted by Gasteiger charge is -2.28. The molecule has 0 saturated carbocycles. The van der Waals surface area contributed by atoms with Crippen molar-refractivity contribution in [1.82, 2.24) is 15.6 Å². The van der Waals surface area contributed by atoms with E-state index in [2.05, 4.69) is 15.6 Å². The van der Waals surface area contributed by atoms with E-state index in [0.717, 1.165) is 5.69 Å². The van der Waals surface area contributed by atoms with Crippen LogP contribution in [0.25, 0.3) is 0 Å². The molecule has 2 aromatic rings. The molecule has 3 rings (SSSR count). The number of halogens is 1. The van der Waals surface area contributed by atoms with E-state index in [1.165, 1.54) is 17.8 Å². The Morgan fingerprint density at radius 1 is 1.28 bits per heavy atom. The highest BCUT2D eigenvalue weighted by atomic mass is 32.2.